The van der Waals surface area contributed by atoms with Crippen LogP contribution in [0.2, 0.25) is 0 Å². The van der Waals surface area contributed by atoms with Crippen molar-refractivity contribution in [2.75, 3.05) is 34.4 Å². The Morgan fingerprint density at radius 1 is 1.35 bits per heavy atom. The van der Waals surface area contributed by atoms with E-state index in [1.165, 1.54) is 23.8 Å². The average molecular weight is 454 g/mol. The molecule has 0 aromatic heterocycles. The predicted molar refractivity (Wildman–Crippen MR) is 115 cm³/mol. The van der Waals surface area contributed by atoms with E-state index >= 15 is 0 Å². The lowest BCUT2D eigenvalue weighted by atomic mass is 9.73. The van der Waals surface area contributed by atoms with E-state index in [0.717, 1.165) is 0 Å². The number of carboxylic acids is 1. The van der Waals surface area contributed by atoms with E-state index in [1.54, 1.807) is 19.0 Å². The van der Waals surface area contributed by atoms with Gasteiger partial charge in [-0.1, -0.05) is 13.8 Å². The monoisotopic (exact) mass is 453 g/mol. The molecule has 31 heavy (non-hydrogen) atoms. The highest BCUT2D eigenvalue weighted by molar-refractivity contribution is 8.03. The summed E-state index contributed by atoms with van der Waals surface area (Å²) in [6.07, 6.45) is 0.835. The van der Waals surface area contributed by atoms with E-state index in [-0.39, 0.29) is 71.4 Å². The number of methoxy groups -OCH3 is 1. The fourth-order valence-corrected chi connectivity index (χ4v) is 6.42. The number of thioether (sulfide) groups is 1. The zero-order chi connectivity index (χ0) is 23.0. The van der Waals surface area contributed by atoms with Gasteiger partial charge in [0, 0.05) is 50.2 Å². The molecule has 3 aliphatic heterocycles. The second kappa shape index (κ2) is 9.30. The number of ketones is 1. The number of fused-ring (bicyclic) bond motifs is 1. The van der Waals surface area contributed by atoms with Crippen LogP contribution in [0.5, 0.6) is 0 Å². The molecule has 3 aliphatic rings. The Morgan fingerprint density at radius 3 is 2.61 bits per heavy atom. The molecule has 2 N–H and O–H groups in total. The molecule has 2 saturated heterocycles. The molecular formula is C21H31N3O6S. The molecule has 3 rings (SSSR count). The van der Waals surface area contributed by atoms with Crippen LogP contribution in [0.25, 0.3) is 0 Å². The van der Waals surface area contributed by atoms with Crippen molar-refractivity contribution in [1.29, 1.82) is 0 Å². The molecule has 172 valence electrons. The minimum atomic E-state index is -1.11. The summed E-state index contributed by atoms with van der Waals surface area (Å²) < 4.78 is 4.88. The highest BCUT2D eigenvalue weighted by Crippen LogP contribution is 2.53. The van der Waals surface area contributed by atoms with Crippen LogP contribution in [0.1, 0.15) is 26.7 Å². The first-order chi connectivity index (χ1) is 14.6. The zero-order valence-corrected chi connectivity index (χ0v) is 19.4. The van der Waals surface area contributed by atoms with Gasteiger partial charge >= 0.3 is 5.97 Å². The first-order valence-electron chi connectivity index (χ1n) is 10.5. The Kier molecular flexibility index (Phi) is 7.12. The minimum Gasteiger partial charge on any atom is -0.477 e. The topological polar surface area (TPSA) is 116 Å². The molecule has 2 fully saturated rings. The van der Waals surface area contributed by atoms with Crippen molar-refractivity contribution in [3.05, 3.63) is 10.6 Å². The summed E-state index contributed by atoms with van der Waals surface area (Å²) in [6, 6.07) is -0.531. The van der Waals surface area contributed by atoms with Gasteiger partial charge in [0.05, 0.1) is 18.0 Å². The predicted octanol–water partition coefficient (Wildman–Crippen LogP) is 0.553. The number of hydrogen-bond acceptors (Lipinski definition) is 7. The summed E-state index contributed by atoms with van der Waals surface area (Å²) >= 11 is 1.46. The van der Waals surface area contributed by atoms with Crippen LogP contribution in [0.3, 0.4) is 0 Å². The Labute approximate surface area is 186 Å². The SMILES string of the molecule is COCC(=O)C[C@H](C)[C@H]1C(=O)N2C(C(=O)O)=C(S[C@@H]3CN[C@H](C(=O)N(C)C)C3)[C@H](C)[C@H]12. The molecule has 9 nitrogen and oxygen atoms in total. The van der Waals surface area contributed by atoms with Gasteiger partial charge in [-0.25, -0.2) is 4.79 Å². The van der Waals surface area contributed by atoms with Gasteiger partial charge in [-0.15, -0.1) is 11.8 Å². The number of carboxylic acid groups (broad SMARTS) is 1. The van der Waals surface area contributed by atoms with E-state index < -0.39 is 5.97 Å². The maximum atomic E-state index is 12.9. The number of carbonyl (C=O) groups is 4. The largest absolute Gasteiger partial charge is 0.477 e. The number of carbonyl (C=O) groups excluding carboxylic acids is 3. The third kappa shape index (κ3) is 4.38. The number of nitrogens with zero attached hydrogens (tertiary/aromatic N) is 2. The summed E-state index contributed by atoms with van der Waals surface area (Å²) in [5.74, 6) is -2.11. The molecule has 0 aromatic rings. The van der Waals surface area contributed by atoms with E-state index in [0.29, 0.717) is 17.9 Å². The van der Waals surface area contributed by atoms with Gasteiger partial charge < -0.3 is 25.0 Å². The molecular weight excluding hydrogens is 422 g/mol. The smallest absolute Gasteiger partial charge is 0.353 e. The normalized spacial score (nSPS) is 30.8. The van der Waals surface area contributed by atoms with E-state index in [1.807, 2.05) is 13.8 Å². The van der Waals surface area contributed by atoms with Gasteiger partial charge in [0.15, 0.2) is 5.78 Å². The van der Waals surface area contributed by atoms with Gasteiger partial charge in [-0.05, 0) is 12.3 Å². The van der Waals surface area contributed by atoms with Crippen LogP contribution < -0.4 is 5.32 Å². The third-order valence-electron chi connectivity index (χ3n) is 6.38. The van der Waals surface area contributed by atoms with Gasteiger partial charge in [-0.3, -0.25) is 14.4 Å². The van der Waals surface area contributed by atoms with Crippen LogP contribution in [-0.2, 0) is 23.9 Å². The second-order valence-corrected chi connectivity index (χ2v) is 10.2. The Balaban J connectivity index is 1.74. The number of hydrogen-bond donors (Lipinski definition) is 2. The number of likely N-dealkylation sites (N-methyl/N-ethyl adjacent to an activating group) is 1. The van der Waals surface area contributed by atoms with Gasteiger partial charge in [0.25, 0.3) is 0 Å². The lowest BCUT2D eigenvalue weighted by molar-refractivity contribution is -0.160. The van der Waals surface area contributed by atoms with Gasteiger partial charge in [-0.2, -0.15) is 0 Å². The molecule has 6 atom stereocenters. The van der Waals surface area contributed by atoms with Crippen molar-refractivity contribution in [3.8, 4) is 0 Å². The van der Waals surface area contributed by atoms with Crippen molar-refractivity contribution in [3.63, 3.8) is 0 Å². The van der Waals surface area contributed by atoms with Crippen LogP contribution in [-0.4, -0.2) is 90.2 Å². The van der Waals surface area contributed by atoms with Crippen molar-refractivity contribution < 1.29 is 29.0 Å². The maximum Gasteiger partial charge on any atom is 0.353 e. The lowest BCUT2D eigenvalue weighted by Gasteiger charge is -2.47. The Morgan fingerprint density at radius 2 is 2.03 bits per heavy atom. The standard InChI is InChI=1S/C21H31N3O6S/c1-10(6-12(25)9-30-5)15-16-11(2)18(17(21(28)29)24(16)20(15)27)31-13-7-14(22-8-13)19(26)23(3)4/h10-11,13-16,22H,6-9H2,1-5H3,(H,28,29)/t10-,11+,13-,14-,15+,16+/m0/s1. The molecule has 2 amide bonds. The summed E-state index contributed by atoms with van der Waals surface area (Å²) in [5, 5.41) is 13.1. The van der Waals surface area contributed by atoms with E-state index in [2.05, 4.69) is 5.32 Å². The summed E-state index contributed by atoms with van der Waals surface area (Å²) in [6.45, 7) is 4.42. The second-order valence-electron chi connectivity index (χ2n) is 8.85. The molecule has 0 spiro atoms. The molecule has 0 radical (unpaired) electrons. The number of Topliss-reactive ketones (excluding diaryl/α,β-unsaturated/α-hetero) is 1. The highest BCUT2D eigenvalue weighted by Gasteiger charge is 2.60. The number of amides is 2. The van der Waals surface area contributed by atoms with Gasteiger partial charge in [0.1, 0.15) is 12.3 Å². The highest BCUT2D eigenvalue weighted by atomic mass is 32.2. The molecule has 0 bridgehead atoms. The van der Waals surface area contributed by atoms with E-state index in [4.69, 9.17) is 4.74 Å². The fraction of sp³-hybridized carbons (Fsp3) is 0.714. The Bertz CT molecular complexity index is 813. The van der Waals surface area contributed by atoms with Crippen molar-refractivity contribution >= 4 is 35.3 Å². The first-order valence-corrected chi connectivity index (χ1v) is 11.4. The first kappa shape index (κ1) is 23.7. The zero-order valence-electron chi connectivity index (χ0n) is 18.6. The van der Waals surface area contributed by atoms with E-state index in [9.17, 15) is 24.3 Å². The molecule has 0 aliphatic carbocycles. The summed E-state index contributed by atoms with van der Waals surface area (Å²) in [5.41, 5.74) is 0.0570. The molecule has 10 heteroatoms. The molecule has 0 aromatic carbocycles. The third-order valence-corrected chi connectivity index (χ3v) is 7.89. The van der Waals surface area contributed by atoms with Crippen molar-refractivity contribution in [2.24, 2.45) is 17.8 Å². The maximum absolute atomic E-state index is 12.9. The van der Waals surface area contributed by atoms with Crippen molar-refractivity contribution in [2.45, 2.75) is 44.0 Å². The summed E-state index contributed by atoms with van der Waals surface area (Å²) in [7, 11) is 4.88. The van der Waals surface area contributed by atoms with Crippen LogP contribution in [0, 0.1) is 17.8 Å². The average Bonchev–Trinajstić information content (AvgIpc) is 3.23. The number of β-lactam (4-membered cyclic amide) rings is 1. The van der Waals surface area contributed by atoms with Crippen LogP contribution >= 0.6 is 11.8 Å². The number of ether oxygens (including phenoxy) is 1. The Hall–Kier alpha value is -1.91. The number of nitrogens with one attached hydrogen (secondary N) is 1. The van der Waals surface area contributed by atoms with Crippen LogP contribution in [0.4, 0.5) is 0 Å². The lowest BCUT2D eigenvalue weighted by Crippen LogP contribution is -2.62. The molecule has 0 saturated carbocycles. The van der Waals surface area contributed by atoms with Crippen LogP contribution in [0.15, 0.2) is 10.6 Å². The molecule has 3 heterocycles. The number of rotatable bonds is 9. The van der Waals surface area contributed by atoms with Crippen molar-refractivity contribution in [1.82, 2.24) is 15.1 Å². The molecule has 0 unspecified atom stereocenters. The minimum absolute atomic E-state index is 0.00335. The summed E-state index contributed by atoms with van der Waals surface area (Å²) in [4.78, 5) is 52.8. The number of aliphatic carboxylic acids is 1. The fourth-order valence-electron chi connectivity index (χ4n) is 4.95. The quantitative estimate of drug-likeness (QED) is 0.487. The van der Waals surface area contributed by atoms with Gasteiger partial charge in [0.2, 0.25) is 11.8 Å².